The summed E-state index contributed by atoms with van der Waals surface area (Å²) in [4.78, 5) is 26.7. The maximum absolute atomic E-state index is 11.0. The van der Waals surface area contributed by atoms with Gasteiger partial charge in [0.2, 0.25) is 0 Å². The number of amides is 2. The molecule has 0 spiro atoms. The van der Waals surface area contributed by atoms with Crippen LogP contribution in [0.1, 0.15) is 0 Å². The molecule has 0 atom stereocenters. The highest BCUT2D eigenvalue weighted by Gasteiger charge is 2.08. The fourth-order valence-corrected chi connectivity index (χ4v) is 1.44. The zero-order chi connectivity index (χ0) is 9.54. The molecule has 3 rings (SSSR count). The third kappa shape index (κ3) is 0.861. The van der Waals surface area contributed by atoms with Gasteiger partial charge in [0.15, 0.2) is 0 Å². The van der Waals surface area contributed by atoms with Crippen LogP contribution in [0.2, 0.25) is 0 Å². The minimum Gasteiger partial charge on any atom is -0.253 e. The molecule has 2 aromatic rings. The van der Waals surface area contributed by atoms with Crippen molar-refractivity contribution in [3.63, 3.8) is 0 Å². The average molecular weight is 184 g/mol. The zero-order valence-electron chi connectivity index (χ0n) is 7.01. The van der Waals surface area contributed by atoms with Crippen LogP contribution in [0.5, 0.6) is 0 Å². The van der Waals surface area contributed by atoms with E-state index in [1.807, 2.05) is 0 Å². The molecule has 1 aliphatic heterocycles. The Morgan fingerprint density at radius 1 is 1.00 bits per heavy atom. The molecule has 0 saturated carbocycles. The molecule has 5 heteroatoms. The number of carbonyl (C=O) groups is 1. The van der Waals surface area contributed by atoms with Crippen LogP contribution in [-0.2, 0) is 0 Å². The van der Waals surface area contributed by atoms with E-state index in [4.69, 9.17) is 0 Å². The number of benzene rings is 1. The fraction of sp³-hybridized carbons (Fsp3) is 0. The first kappa shape index (κ1) is 7.25. The first-order valence-corrected chi connectivity index (χ1v) is 4.06. The summed E-state index contributed by atoms with van der Waals surface area (Å²) in [6, 6.07) is 3.03. The van der Waals surface area contributed by atoms with E-state index in [0.717, 1.165) is 5.52 Å². The lowest BCUT2D eigenvalue weighted by molar-refractivity contribution is 0.257. The third-order valence-corrected chi connectivity index (χ3v) is 2.02. The van der Waals surface area contributed by atoms with Crippen molar-refractivity contribution in [3.8, 4) is 0 Å². The van der Waals surface area contributed by atoms with Gasteiger partial charge < -0.3 is 0 Å². The Labute approximate surface area is 77.9 Å². The third-order valence-electron chi connectivity index (χ3n) is 2.02. The van der Waals surface area contributed by atoms with Gasteiger partial charge in [0.25, 0.3) is 0 Å². The highest BCUT2D eigenvalue weighted by atomic mass is 16.2. The summed E-state index contributed by atoms with van der Waals surface area (Å²) < 4.78 is 0. The molecule has 0 radical (unpaired) electrons. The van der Waals surface area contributed by atoms with Gasteiger partial charge in [-0.25, -0.2) is 4.79 Å². The van der Waals surface area contributed by atoms with Crippen LogP contribution in [0.4, 0.5) is 4.79 Å². The Balaban J connectivity index is 2.65. The average Bonchev–Trinajstić information content (AvgIpc) is 2.59. The van der Waals surface area contributed by atoms with Gasteiger partial charge in [0.1, 0.15) is 10.9 Å². The Morgan fingerprint density at radius 3 is 2.79 bits per heavy atom. The first-order chi connectivity index (χ1) is 6.84. The van der Waals surface area contributed by atoms with E-state index in [0.29, 0.717) is 16.2 Å². The van der Waals surface area contributed by atoms with E-state index in [-0.39, 0.29) is 0 Å². The standard InChI is InChI=1S/C9H4N4O/c14-9-12-6-2-1-5-7(8(6)13-9)11-4-3-10-5/h1-4H. The Morgan fingerprint density at radius 2 is 1.86 bits per heavy atom. The van der Waals surface area contributed by atoms with Gasteiger partial charge >= 0.3 is 6.03 Å². The number of carbonyl (C=O) groups excluding carboxylic acids is 1. The smallest absolute Gasteiger partial charge is 0.253 e. The van der Waals surface area contributed by atoms with Crippen LogP contribution in [0.3, 0.4) is 0 Å². The molecular formula is C9H4N4O. The molecule has 0 fully saturated rings. The predicted octanol–water partition coefficient (Wildman–Crippen LogP) is 0.00260. The van der Waals surface area contributed by atoms with Crippen LogP contribution >= 0.6 is 0 Å². The van der Waals surface area contributed by atoms with Gasteiger partial charge in [0, 0.05) is 12.4 Å². The molecule has 0 N–H and O–H groups in total. The Bertz CT molecular complexity index is 662. The molecule has 0 saturated heterocycles. The van der Waals surface area contributed by atoms with Crippen molar-refractivity contribution in [2.75, 3.05) is 0 Å². The summed E-state index contributed by atoms with van der Waals surface area (Å²) >= 11 is 0. The quantitative estimate of drug-likeness (QED) is 0.578. The second-order valence-electron chi connectivity index (χ2n) is 2.86. The monoisotopic (exact) mass is 184 g/mol. The molecule has 0 aliphatic carbocycles. The molecule has 0 unspecified atom stereocenters. The topological polar surface area (TPSA) is 67.6 Å². The van der Waals surface area contributed by atoms with Gasteiger partial charge in [-0.3, -0.25) is 9.97 Å². The summed E-state index contributed by atoms with van der Waals surface area (Å²) in [6.07, 6.45) is 3.17. The molecular weight excluding hydrogens is 180 g/mol. The van der Waals surface area contributed by atoms with Gasteiger partial charge in [-0.05, 0) is 12.1 Å². The van der Waals surface area contributed by atoms with E-state index >= 15 is 0 Å². The summed E-state index contributed by atoms with van der Waals surface area (Å²) in [7, 11) is 0. The van der Waals surface area contributed by atoms with E-state index in [2.05, 4.69) is 20.0 Å². The van der Waals surface area contributed by atoms with E-state index in [1.165, 1.54) is 0 Å². The van der Waals surface area contributed by atoms with Crippen molar-refractivity contribution in [3.05, 3.63) is 35.2 Å². The maximum atomic E-state index is 11.0. The van der Waals surface area contributed by atoms with Gasteiger partial charge in [-0.15, -0.1) is 0 Å². The van der Waals surface area contributed by atoms with Crippen molar-refractivity contribution in [1.82, 2.24) is 9.97 Å². The predicted molar refractivity (Wildman–Crippen MR) is 47.2 cm³/mol. The minimum absolute atomic E-state index is 0.474. The number of fused-ring (bicyclic) bond motifs is 3. The molecule has 0 bridgehead atoms. The van der Waals surface area contributed by atoms with Crippen molar-refractivity contribution in [2.45, 2.75) is 0 Å². The van der Waals surface area contributed by atoms with E-state index < -0.39 is 6.03 Å². The van der Waals surface area contributed by atoms with Gasteiger partial charge in [0.05, 0.1) is 10.9 Å². The lowest BCUT2D eigenvalue weighted by atomic mass is 10.3. The van der Waals surface area contributed by atoms with Crippen molar-refractivity contribution < 1.29 is 4.79 Å². The number of hydrogen-bond acceptors (Lipinski definition) is 3. The molecule has 14 heavy (non-hydrogen) atoms. The summed E-state index contributed by atoms with van der Waals surface area (Å²) in [5.41, 5.74) is 1.35. The fourth-order valence-electron chi connectivity index (χ4n) is 1.44. The Hall–Kier alpha value is -2.17. The number of urea groups is 1. The lowest BCUT2D eigenvalue weighted by Crippen LogP contribution is -2.23. The van der Waals surface area contributed by atoms with Gasteiger partial charge in [-0.2, -0.15) is 9.98 Å². The second kappa shape index (κ2) is 2.41. The van der Waals surface area contributed by atoms with Crippen LogP contribution in [0.15, 0.2) is 34.5 Å². The van der Waals surface area contributed by atoms with Crippen molar-refractivity contribution in [2.24, 2.45) is 9.98 Å². The molecule has 5 nitrogen and oxygen atoms in total. The summed E-state index contributed by atoms with van der Waals surface area (Å²) in [5, 5.41) is 1.10. The normalized spacial score (nSPS) is 13.6. The SMILES string of the molecule is O=C1N=c2ccc3nccnc3c2=N1. The first-order valence-electron chi connectivity index (χ1n) is 4.06. The van der Waals surface area contributed by atoms with E-state index in [9.17, 15) is 4.79 Å². The van der Waals surface area contributed by atoms with Crippen molar-refractivity contribution in [1.29, 1.82) is 0 Å². The van der Waals surface area contributed by atoms with Crippen LogP contribution in [-0.4, -0.2) is 16.0 Å². The molecule has 1 aromatic carbocycles. The molecule has 1 aromatic heterocycles. The number of hydrogen-bond donors (Lipinski definition) is 0. The highest BCUT2D eigenvalue weighted by molar-refractivity contribution is 5.81. The summed E-state index contributed by atoms with van der Waals surface area (Å²) in [6.45, 7) is 0. The number of nitrogens with zero attached hydrogens (tertiary/aromatic N) is 4. The van der Waals surface area contributed by atoms with Gasteiger partial charge in [-0.1, -0.05) is 0 Å². The number of aromatic nitrogens is 2. The molecule has 66 valence electrons. The molecule has 1 aliphatic rings. The highest BCUT2D eigenvalue weighted by Crippen LogP contribution is 2.00. The largest absolute Gasteiger partial charge is 0.368 e. The van der Waals surface area contributed by atoms with E-state index in [1.54, 1.807) is 24.5 Å². The second-order valence-corrected chi connectivity index (χ2v) is 2.86. The Kier molecular flexibility index (Phi) is 1.25. The maximum Gasteiger partial charge on any atom is 0.368 e. The summed E-state index contributed by atoms with van der Waals surface area (Å²) in [5.74, 6) is 0. The zero-order valence-corrected chi connectivity index (χ0v) is 7.01. The lowest BCUT2D eigenvalue weighted by Gasteiger charge is -1.92. The number of rotatable bonds is 0. The van der Waals surface area contributed by atoms with Crippen LogP contribution in [0.25, 0.3) is 11.0 Å². The minimum atomic E-state index is -0.474. The molecule has 2 heterocycles. The van der Waals surface area contributed by atoms with Crippen LogP contribution in [0, 0.1) is 0 Å². The van der Waals surface area contributed by atoms with Crippen LogP contribution < -0.4 is 10.7 Å². The van der Waals surface area contributed by atoms with Crippen molar-refractivity contribution >= 4 is 17.1 Å². The molecule has 2 amide bonds.